The molecule has 1 nitrogen and oxygen atoms in total. The molecule has 2 saturated carbocycles. The molecule has 0 aromatic rings. The van der Waals surface area contributed by atoms with E-state index in [1.807, 2.05) is 0 Å². The molecule has 1 N–H and O–H groups in total. The highest BCUT2D eigenvalue weighted by molar-refractivity contribution is 5.00. The topological polar surface area (TPSA) is 12.0 Å². The van der Waals surface area contributed by atoms with Gasteiger partial charge in [0.15, 0.2) is 0 Å². The van der Waals surface area contributed by atoms with E-state index in [1.165, 1.54) is 70.6 Å². The number of nitrogens with one attached hydrogen (secondary N) is 1. The average molecular weight is 294 g/mol. The largest absolute Gasteiger partial charge is 0.317 e. The first-order valence-corrected chi connectivity index (χ1v) is 9.78. The molecule has 124 valence electrons. The molecular formula is C20H39N. The first-order chi connectivity index (χ1) is 10.1. The Morgan fingerprint density at radius 2 is 1.95 bits per heavy atom. The molecule has 4 unspecified atom stereocenters. The van der Waals surface area contributed by atoms with E-state index in [2.05, 4.69) is 33.1 Å². The second-order valence-electron chi connectivity index (χ2n) is 8.42. The van der Waals surface area contributed by atoms with Gasteiger partial charge in [-0.1, -0.05) is 59.3 Å². The molecule has 0 bridgehead atoms. The summed E-state index contributed by atoms with van der Waals surface area (Å²) in [6.45, 7) is 7.39. The van der Waals surface area contributed by atoms with Gasteiger partial charge in [-0.15, -0.1) is 0 Å². The third kappa shape index (κ3) is 4.71. The van der Waals surface area contributed by atoms with Crippen LogP contribution in [0, 0.1) is 23.2 Å². The molecular weight excluding hydrogens is 254 g/mol. The Balaban J connectivity index is 1.54. The van der Waals surface area contributed by atoms with Crippen LogP contribution in [0.1, 0.15) is 91.4 Å². The summed E-state index contributed by atoms with van der Waals surface area (Å²) < 4.78 is 0. The first kappa shape index (κ1) is 17.3. The summed E-state index contributed by atoms with van der Waals surface area (Å²) in [6.07, 6.45) is 16.0. The highest BCUT2D eigenvalue weighted by Crippen LogP contribution is 2.60. The van der Waals surface area contributed by atoms with E-state index in [9.17, 15) is 0 Å². The van der Waals surface area contributed by atoms with E-state index in [0.717, 1.165) is 23.8 Å². The molecule has 2 aliphatic rings. The van der Waals surface area contributed by atoms with Crippen LogP contribution in [0.2, 0.25) is 0 Å². The van der Waals surface area contributed by atoms with E-state index < -0.39 is 0 Å². The van der Waals surface area contributed by atoms with Crippen LogP contribution in [0.3, 0.4) is 0 Å². The number of unbranched alkanes of at least 4 members (excludes halogenated alkanes) is 3. The lowest BCUT2D eigenvalue weighted by Crippen LogP contribution is -2.41. The van der Waals surface area contributed by atoms with Crippen molar-refractivity contribution in [3.05, 3.63) is 0 Å². The van der Waals surface area contributed by atoms with Gasteiger partial charge in [0.2, 0.25) is 0 Å². The minimum absolute atomic E-state index is 0.716. The normalized spacial score (nSPS) is 36.3. The fourth-order valence-electron chi connectivity index (χ4n) is 4.77. The third-order valence-electron chi connectivity index (χ3n) is 6.73. The first-order valence-electron chi connectivity index (χ1n) is 9.78. The van der Waals surface area contributed by atoms with Crippen LogP contribution in [-0.4, -0.2) is 13.1 Å². The fourth-order valence-corrected chi connectivity index (χ4v) is 4.77. The second-order valence-corrected chi connectivity index (χ2v) is 8.42. The Labute approximate surface area is 133 Å². The molecule has 1 heteroatoms. The second kappa shape index (κ2) is 7.99. The Morgan fingerprint density at radius 3 is 2.57 bits per heavy atom. The van der Waals surface area contributed by atoms with Crippen molar-refractivity contribution in [1.29, 1.82) is 0 Å². The number of rotatable bonds is 11. The molecule has 2 fully saturated rings. The van der Waals surface area contributed by atoms with Crippen molar-refractivity contribution in [3.8, 4) is 0 Å². The molecule has 0 aromatic heterocycles. The van der Waals surface area contributed by atoms with E-state index in [-0.39, 0.29) is 0 Å². The molecule has 0 amide bonds. The van der Waals surface area contributed by atoms with Crippen molar-refractivity contribution in [2.24, 2.45) is 23.2 Å². The van der Waals surface area contributed by atoms with Crippen molar-refractivity contribution in [2.75, 3.05) is 7.05 Å². The van der Waals surface area contributed by atoms with Crippen molar-refractivity contribution < 1.29 is 0 Å². The van der Waals surface area contributed by atoms with Gasteiger partial charge in [-0.3, -0.25) is 0 Å². The summed E-state index contributed by atoms with van der Waals surface area (Å²) in [5.74, 6) is 3.01. The molecule has 2 rings (SSSR count). The van der Waals surface area contributed by atoms with E-state index in [4.69, 9.17) is 0 Å². The fraction of sp³-hybridized carbons (Fsp3) is 1.00. The molecule has 0 saturated heterocycles. The highest BCUT2D eigenvalue weighted by atomic mass is 14.9. The van der Waals surface area contributed by atoms with Crippen LogP contribution >= 0.6 is 0 Å². The minimum Gasteiger partial charge on any atom is -0.317 e. The SMILES string of the molecule is CCCCCC(C)C1C[C@]1(C)CCCCC1CCC1NC. The molecule has 0 radical (unpaired) electrons. The summed E-state index contributed by atoms with van der Waals surface area (Å²) in [5.41, 5.74) is 0.716. The summed E-state index contributed by atoms with van der Waals surface area (Å²) in [4.78, 5) is 0. The zero-order valence-corrected chi connectivity index (χ0v) is 15.1. The molecule has 0 aliphatic heterocycles. The van der Waals surface area contributed by atoms with Crippen molar-refractivity contribution in [1.82, 2.24) is 5.32 Å². The maximum atomic E-state index is 3.47. The van der Waals surface area contributed by atoms with Gasteiger partial charge in [0.1, 0.15) is 0 Å². The molecule has 0 spiro atoms. The van der Waals surface area contributed by atoms with E-state index >= 15 is 0 Å². The average Bonchev–Trinajstić information content (AvgIpc) is 3.10. The van der Waals surface area contributed by atoms with Crippen molar-refractivity contribution >= 4 is 0 Å². The van der Waals surface area contributed by atoms with Crippen LogP contribution in [0.5, 0.6) is 0 Å². The van der Waals surface area contributed by atoms with Crippen molar-refractivity contribution in [2.45, 2.75) is 97.4 Å². The van der Waals surface area contributed by atoms with Gasteiger partial charge in [-0.05, 0) is 62.3 Å². The molecule has 0 aromatic carbocycles. The zero-order valence-electron chi connectivity index (χ0n) is 15.1. The van der Waals surface area contributed by atoms with Gasteiger partial charge < -0.3 is 5.32 Å². The highest BCUT2D eigenvalue weighted by Gasteiger charge is 2.51. The Kier molecular flexibility index (Phi) is 6.59. The van der Waals surface area contributed by atoms with Gasteiger partial charge in [0, 0.05) is 6.04 Å². The van der Waals surface area contributed by atoms with E-state index in [1.54, 1.807) is 0 Å². The predicted molar refractivity (Wildman–Crippen MR) is 93.6 cm³/mol. The minimum atomic E-state index is 0.716. The molecule has 5 atom stereocenters. The lowest BCUT2D eigenvalue weighted by atomic mass is 9.76. The summed E-state index contributed by atoms with van der Waals surface area (Å²) >= 11 is 0. The van der Waals surface area contributed by atoms with Gasteiger partial charge in [-0.25, -0.2) is 0 Å². The van der Waals surface area contributed by atoms with Gasteiger partial charge in [0.25, 0.3) is 0 Å². The van der Waals surface area contributed by atoms with Gasteiger partial charge >= 0.3 is 0 Å². The smallest absolute Gasteiger partial charge is 0.00924 e. The monoisotopic (exact) mass is 293 g/mol. The lowest BCUT2D eigenvalue weighted by Gasteiger charge is -2.36. The Bertz CT molecular complexity index is 298. The van der Waals surface area contributed by atoms with Crippen LogP contribution in [-0.2, 0) is 0 Å². The maximum Gasteiger partial charge on any atom is 0.00924 e. The van der Waals surface area contributed by atoms with Crippen LogP contribution in [0.25, 0.3) is 0 Å². The van der Waals surface area contributed by atoms with Crippen molar-refractivity contribution in [3.63, 3.8) is 0 Å². The van der Waals surface area contributed by atoms with Crippen LogP contribution in [0.15, 0.2) is 0 Å². The lowest BCUT2D eigenvalue weighted by molar-refractivity contribution is 0.200. The van der Waals surface area contributed by atoms with Crippen LogP contribution in [0.4, 0.5) is 0 Å². The maximum absolute atomic E-state index is 3.47. The van der Waals surface area contributed by atoms with Gasteiger partial charge in [0.05, 0.1) is 0 Å². The molecule has 0 heterocycles. The number of hydrogen-bond acceptors (Lipinski definition) is 1. The Morgan fingerprint density at radius 1 is 1.14 bits per heavy atom. The van der Waals surface area contributed by atoms with E-state index in [0.29, 0.717) is 5.41 Å². The standard InChI is InChI=1S/C20H39N/c1-5-6-7-10-16(2)18-15-20(18,3)14-9-8-11-17-12-13-19(17)21-4/h16-19,21H,5-15H2,1-4H3/t16?,17?,18?,19?,20-/m0/s1. The predicted octanol–water partition coefficient (Wildman–Crippen LogP) is 5.79. The molecule has 21 heavy (non-hydrogen) atoms. The summed E-state index contributed by atoms with van der Waals surface area (Å²) in [5, 5.41) is 3.47. The quantitative estimate of drug-likeness (QED) is 0.476. The van der Waals surface area contributed by atoms with Gasteiger partial charge in [-0.2, -0.15) is 0 Å². The summed E-state index contributed by atoms with van der Waals surface area (Å²) in [7, 11) is 2.13. The zero-order chi connectivity index (χ0) is 15.3. The molecule has 2 aliphatic carbocycles. The third-order valence-corrected chi connectivity index (χ3v) is 6.73. The Hall–Kier alpha value is -0.0400. The summed E-state index contributed by atoms with van der Waals surface area (Å²) in [6, 6.07) is 0.841. The number of hydrogen-bond donors (Lipinski definition) is 1. The van der Waals surface area contributed by atoms with Crippen LogP contribution < -0.4 is 5.32 Å².